The molecule has 0 aliphatic carbocycles. The highest BCUT2D eigenvalue weighted by atomic mass is 16.4. The summed E-state index contributed by atoms with van der Waals surface area (Å²) in [6.45, 7) is 1.71. The van der Waals surface area contributed by atoms with Crippen molar-refractivity contribution >= 4 is 16.8 Å². The third-order valence-corrected chi connectivity index (χ3v) is 3.73. The standard InChI is InChI=1S/C17H17N3O4/c1-11-4-2-5-12-16(11)19-10-20(17(12)23)9-15(22)18-8-13(21)14-6-3-7-24-14/h2-7,10,13,21H,8-9H2,1H3,(H,18,22). The van der Waals surface area contributed by atoms with Gasteiger partial charge in [-0.3, -0.25) is 14.2 Å². The van der Waals surface area contributed by atoms with E-state index in [1.165, 1.54) is 17.2 Å². The van der Waals surface area contributed by atoms with Crippen LogP contribution in [0.25, 0.3) is 10.9 Å². The molecule has 2 heterocycles. The molecule has 1 amide bonds. The van der Waals surface area contributed by atoms with E-state index < -0.39 is 12.0 Å². The monoisotopic (exact) mass is 327 g/mol. The fourth-order valence-electron chi connectivity index (χ4n) is 2.45. The topological polar surface area (TPSA) is 97.4 Å². The maximum atomic E-state index is 12.4. The van der Waals surface area contributed by atoms with Gasteiger partial charge in [0, 0.05) is 0 Å². The molecule has 1 aromatic carbocycles. The predicted molar refractivity (Wildman–Crippen MR) is 87.4 cm³/mol. The third kappa shape index (κ3) is 3.21. The van der Waals surface area contributed by atoms with Crippen LogP contribution in [0.1, 0.15) is 17.4 Å². The molecule has 1 unspecified atom stereocenters. The lowest BCUT2D eigenvalue weighted by Gasteiger charge is -2.11. The molecule has 0 aliphatic rings. The lowest BCUT2D eigenvalue weighted by molar-refractivity contribution is -0.122. The summed E-state index contributed by atoms with van der Waals surface area (Å²) in [5.74, 6) is -0.0215. The normalized spacial score (nSPS) is 12.2. The van der Waals surface area contributed by atoms with Crippen LogP contribution in [0.5, 0.6) is 0 Å². The van der Waals surface area contributed by atoms with Crippen LogP contribution in [0.2, 0.25) is 0 Å². The number of aliphatic hydroxyl groups excluding tert-OH is 1. The van der Waals surface area contributed by atoms with E-state index in [0.29, 0.717) is 16.7 Å². The average Bonchev–Trinajstić information content (AvgIpc) is 3.10. The highest BCUT2D eigenvalue weighted by Crippen LogP contribution is 2.12. The van der Waals surface area contributed by atoms with Crippen LogP contribution in [0.3, 0.4) is 0 Å². The number of furan rings is 1. The highest BCUT2D eigenvalue weighted by molar-refractivity contribution is 5.81. The van der Waals surface area contributed by atoms with Crippen molar-refractivity contribution in [2.75, 3.05) is 6.54 Å². The summed E-state index contributed by atoms with van der Waals surface area (Å²) in [6.07, 6.45) is 1.88. The molecule has 0 saturated carbocycles. The van der Waals surface area contributed by atoms with Gasteiger partial charge in [-0.2, -0.15) is 0 Å². The molecular formula is C17H17N3O4. The van der Waals surface area contributed by atoms with E-state index in [2.05, 4.69) is 10.3 Å². The van der Waals surface area contributed by atoms with Gasteiger partial charge in [-0.05, 0) is 30.7 Å². The molecule has 24 heavy (non-hydrogen) atoms. The molecule has 0 radical (unpaired) electrons. The van der Waals surface area contributed by atoms with Gasteiger partial charge in [-0.25, -0.2) is 4.98 Å². The van der Waals surface area contributed by atoms with Crippen molar-refractivity contribution in [3.05, 3.63) is 64.6 Å². The zero-order valence-corrected chi connectivity index (χ0v) is 13.1. The molecule has 0 aliphatic heterocycles. The van der Waals surface area contributed by atoms with Gasteiger partial charge in [-0.1, -0.05) is 12.1 Å². The Hall–Kier alpha value is -2.93. The SMILES string of the molecule is Cc1cccc2c(=O)n(CC(=O)NCC(O)c3ccco3)cnc12. The molecule has 3 rings (SSSR count). The predicted octanol–water partition coefficient (Wildman–Crippen LogP) is 1.15. The van der Waals surface area contributed by atoms with E-state index in [4.69, 9.17) is 4.42 Å². The minimum Gasteiger partial charge on any atom is -0.467 e. The van der Waals surface area contributed by atoms with Gasteiger partial charge in [0.1, 0.15) is 18.4 Å². The Bertz CT molecular complexity index is 915. The summed E-state index contributed by atoms with van der Waals surface area (Å²) >= 11 is 0. The minimum absolute atomic E-state index is 0.00121. The number of aryl methyl sites for hydroxylation is 1. The quantitative estimate of drug-likeness (QED) is 0.732. The lowest BCUT2D eigenvalue weighted by atomic mass is 10.1. The second-order valence-electron chi connectivity index (χ2n) is 5.48. The summed E-state index contributed by atoms with van der Waals surface area (Å²) in [5.41, 5.74) is 1.26. The first-order valence-corrected chi connectivity index (χ1v) is 7.49. The van der Waals surface area contributed by atoms with Crippen LogP contribution in [-0.4, -0.2) is 27.1 Å². The van der Waals surface area contributed by atoms with Gasteiger partial charge in [0.05, 0.1) is 30.0 Å². The molecule has 1 atom stereocenters. The van der Waals surface area contributed by atoms with Crippen molar-refractivity contribution in [2.24, 2.45) is 0 Å². The first kappa shape index (κ1) is 15.9. The van der Waals surface area contributed by atoms with Crippen molar-refractivity contribution in [2.45, 2.75) is 19.6 Å². The number of aliphatic hydroxyl groups is 1. The summed E-state index contributed by atoms with van der Waals surface area (Å²) in [4.78, 5) is 28.7. The number of fused-ring (bicyclic) bond motifs is 1. The van der Waals surface area contributed by atoms with Crippen molar-refractivity contribution < 1.29 is 14.3 Å². The number of carbonyl (C=O) groups is 1. The number of amides is 1. The average molecular weight is 327 g/mol. The van der Waals surface area contributed by atoms with Crippen LogP contribution < -0.4 is 10.9 Å². The number of benzene rings is 1. The first-order valence-electron chi connectivity index (χ1n) is 7.49. The summed E-state index contributed by atoms with van der Waals surface area (Å²) < 4.78 is 6.30. The molecule has 7 heteroatoms. The lowest BCUT2D eigenvalue weighted by Crippen LogP contribution is -2.34. The van der Waals surface area contributed by atoms with Gasteiger partial charge < -0.3 is 14.8 Å². The fourth-order valence-corrected chi connectivity index (χ4v) is 2.45. The smallest absolute Gasteiger partial charge is 0.261 e. The number of aromatic nitrogens is 2. The van der Waals surface area contributed by atoms with E-state index >= 15 is 0 Å². The van der Waals surface area contributed by atoms with E-state index in [0.717, 1.165) is 5.56 Å². The molecule has 124 valence electrons. The molecule has 7 nitrogen and oxygen atoms in total. The Kier molecular flexibility index (Phi) is 4.43. The van der Waals surface area contributed by atoms with Crippen LogP contribution in [-0.2, 0) is 11.3 Å². The van der Waals surface area contributed by atoms with Gasteiger partial charge in [0.25, 0.3) is 5.56 Å². The van der Waals surface area contributed by atoms with Crippen molar-refractivity contribution in [1.29, 1.82) is 0 Å². The maximum absolute atomic E-state index is 12.4. The number of para-hydroxylation sites is 1. The molecular weight excluding hydrogens is 310 g/mol. The van der Waals surface area contributed by atoms with E-state index in [-0.39, 0.29) is 18.6 Å². The van der Waals surface area contributed by atoms with Crippen LogP contribution in [0, 0.1) is 6.92 Å². The number of hydrogen-bond donors (Lipinski definition) is 2. The fraction of sp³-hybridized carbons (Fsp3) is 0.235. The number of hydrogen-bond acceptors (Lipinski definition) is 5. The van der Waals surface area contributed by atoms with Crippen LogP contribution in [0.4, 0.5) is 0 Å². The molecule has 2 aromatic heterocycles. The number of rotatable bonds is 5. The molecule has 0 fully saturated rings. The largest absolute Gasteiger partial charge is 0.467 e. The van der Waals surface area contributed by atoms with Crippen molar-refractivity contribution in [1.82, 2.24) is 14.9 Å². The third-order valence-electron chi connectivity index (χ3n) is 3.73. The Balaban J connectivity index is 1.69. The Labute approximate surface area is 137 Å². The summed E-state index contributed by atoms with van der Waals surface area (Å²) in [5, 5.41) is 12.9. The molecule has 2 N–H and O–H groups in total. The Morgan fingerprint density at radius 1 is 1.38 bits per heavy atom. The van der Waals surface area contributed by atoms with Gasteiger partial charge in [0.15, 0.2) is 0 Å². The summed E-state index contributed by atoms with van der Waals surface area (Å²) in [7, 11) is 0. The molecule has 3 aromatic rings. The Morgan fingerprint density at radius 3 is 2.96 bits per heavy atom. The van der Waals surface area contributed by atoms with Gasteiger partial charge in [-0.15, -0.1) is 0 Å². The second-order valence-corrected chi connectivity index (χ2v) is 5.48. The first-order chi connectivity index (χ1) is 11.6. The summed E-state index contributed by atoms with van der Waals surface area (Å²) in [6, 6.07) is 8.62. The number of carbonyl (C=O) groups excluding carboxylic acids is 1. The maximum Gasteiger partial charge on any atom is 0.261 e. The second kappa shape index (κ2) is 6.67. The number of nitrogens with zero attached hydrogens (tertiary/aromatic N) is 2. The molecule has 0 bridgehead atoms. The minimum atomic E-state index is -0.932. The Morgan fingerprint density at radius 2 is 2.21 bits per heavy atom. The number of nitrogens with one attached hydrogen (secondary N) is 1. The van der Waals surface area contributed by atoms with Crippen LogP contribution in [0.15, 0.2) is 52.1 Å². The van der Waals surface area contributed by atoms with Gasteiger partial charge in [0.2, 0.25) is 5.91 Å². The van der Waals surface area contributed by atoms with E-state index in [9.17, 15) is 14.7 Å². The zero-order chi connectivity index (χ0) is 17.1. The zero-order valence-electron chi connectivity index (χ0n) is 13.1. The molecule has 0 spiro atoms. The highest BCUT2D eigenvalue weighted by Gasteiger charge is 2.13. The van der Waals surface area contributed by atoms with Gasteiger partial charge >= 0.3 is 0 Å². The molecule has 0 saturated heterocycles. The van der Waals surface area contributed by atoms with Crippen LogP contribution >= 0.6 is 0 Å². The van der Waals surface area contributed by atoms with E-state index in [1.54, 1.807) is 24.3 Å². The van der Waals surface area contributed by atoms with Crippen molar-refractivity contribution in [3.63, 3.8) is 0 Å². The van der Waals surface area contributed by atoms with E-state index in [1.807, 2.05) is 13.0 Å². The van der Waals surface area contributed by atoms with Crippen molar-refractivity contribution in [3.8, 4) is 0 Å².